The number of carboxylic acid groups (broad SMARTS) is 1. The smallest absolute Gasteiger partial charge is 0.418 e. The fourth-order valence-corrected chi connectivity index (χ4v) is 3.34. The number of benzene rings is 2. The van der Waals surface area contributed by atoms with Gasteiger partial charge in [-0.3, -0.25) is 0 Å². The number of aliphatic hydroxyl groups excluding tert-OH is 1. The molecule has 6 nitrogen and oxygen atoms in total. The first-order chi connectivity index (χ1) is 15.4. The Morgan fingerprint density at radius 3 is 2.39 bits per heavy atom. The van der Waals surface area contributed by atoms with E-state index in [4.69, 9.17) is 4.74 Å². The quantitative estimate of drug-likeness (QED) is 0.569. The van der Waals surface area contributed by atoms with Crippen LogP contribution in [-0.2, 0) is 16.9 Å². The Hall–Kier alpha value is -3.30. The summed E-state index contributed by atoms with van der Waals surface area (Å²) in [5, 5.41) is 29.3. The number of aliphatic hydroxyl groups is 2. The van der Waals surface area contributed by atoms with Crippen LogP contribution in [0.4, 0.5) is 13.2 Å². The van der Waals surface area contributed by atoms with Crippen molar-refractivity contribution < 1.29 is 38.0 Å². The van der Waals surface area contributed by atoms with Gasteiger partial charge in [0.2, 0.25) is 6.23 Å². The number of halogens is 3. The standard InChI is InChI=1S/C24H24F3NO5/c1-23(2,32)17-10-8-15(9-11-17)14-28-12-4-7-19(22(30)31)21(28)33-18-6-3-5-16(13-18)20(29)24(25,26)27/h3-13,20-21,29,32H,14H2,1-2H3,(H,30,31). The minimum atomic E-state index is -4.85. The lowest BCUT2D eigenvalue weighted by molar-refractivity contribution is -0.206. The summed E-state index contributed by atoms with van der Waals surface area (Å²) in [6.07, 6.45) is -4.14. The van der Waals surface area contributed by atoms with Crippen molar-refractivity contribution in [2.75, 3.05) is 0 Å². The number of allylic oxidation sites excluding steroid dienone is 2. The van der Waals surface area contributed by atoms with Crippen LogP contribution >= 0.6 is 0 Å². The van der Waals surface area contributed by atoms with Crippen LogP contribution in [0.3, 0.4) is 0 Å². The molecule has 1 aliphatic rings. The van der Waals surface area contributed by atoms with Crippen LogP contribution in [0.5, 0.6) is 5.75 Å². The highest BCUT2D eigenvalue weighted by Crippen LogP contribution is 2.34. The number of rotatable bonds is 7. The van der Waals surface area contributed by atoms with Crippen molar-refractivity contribution in [1.82, 2.24) is 4.90 Å². The monoisotopic (exact) mass is 463 g/mol. The Kier molecular flexibility index (Phi) is 6.85. The molecule has 3 rings (SSSR count). The average Bonchev–Trinajstić information content (AvgIpc) is 2.73. The maximum absolute atomic E-state index is 12.9. The van der Waals surface area contributed by atoms with Gasteiger partial charge in [0.05, 0.1) is 11.2 Å². The van der Waals surface area contributed by atoms with E-state index in [2.05, 4.69) is 0 Å². The number of aliphatic carboxylic acids is 1. The summed E-state index contributed by atoms with van der Waals surface area (Å²) in [5.41, 5.74) is -0.0256. The molecular weight excluding hydrogens is 439 g/mol. The highest BCUT2D eigenvalue weighted by Gasteiger charge is 2.39. The van der Waals surface area contributed by atoms with Crippen LogP contribution in [0.15, 0.2) is 72.5 Å². The van der Waals surface area contributed by atoms with Gasteiger partial charge in [0.25, 0.3) is 0 Å². The van der Waals surface area contributed by atoms with Crippen LogP contribution in [0.2, 0.25) is 0 Å². The molecule has 1 aliphatic heterocycles. The summed E-state index contributed by atoms with van der Waals surface area (Å²) >= 11 is 0. The van der Waals surface area contributed by atoms with Gasteiger partial charge < -0.3 is 25.0 Å². The van der Waals surface area contributed by atoms with Gasteiger partial charge in [0.1, 0.15) is 5.75 Å². The highest BCUT2D eigenvalue weighted by molar-refractivity contribution is 5.88. The zero-order valence-corrected chi connectivity index (χ0v) is 18.0. The molecule has 176 valence electrons. The van der Waals surface area contributed by atoms with Gasteiger partial charge in [-0.25, -0.2) is 4.79 Å². The number of ether oxygens (including phenoxy) is 1. The van der Waals surface area contributed by atoms with Gasteiger partial charge in [0, 0.05) is 12.7 Å². The molecule has 0 spiro atoms. The van der Waals surface area contributed by atoms with Gasteiger partial charge >= 0.3 is 12.1 Å². The fraction of sp³-hybridized carbons (Fsp3) is 0.292. The third-order valence-corrected chi connectivity index (χ3v) is 5.12. The molecule has 0 bridgehead atoms. The summed E-state index contributed by atoms with van der Waals surface area (Å²) < 4.78 is 44.5. The van der Waals surface area contributed by atoms with Crippen molar-refractivity contribution >= 4 is 5.97 Å². The summed E-state index contributed by atoms with van der Waals surface area (Å²) in [7, 11) is 0. The number of hydrogen-bond donors (Lipinski definition) is 3. The van der Waals surface area contributed by atoms with E-state index in [-0.39, 0.29) is 17.9 Å². The first-order valence-corrected chi connectivity index (χ1v) is 10.1. The van der Waals surface area contributed by atoms with Crippen molar-refractivity contribution in [1.29, 1.82) is 0 Å². The van der Waals surface area contributed by atoms with Gasteiger partial charge in [-0.2, -0.15) is 13.2 Å². The molecule has 0 amide bonds. The molecule has 2 unspecified atom stereocenters. The van der Waals surface area contributed by atoms with E-state index in [1.807, 2.05) is 0 Å². The highest BCUT2D eigenvalue weighted by atomic mass is 19.4. The Bertz CT molecular complexity index is 1060. The summed E-state index contributed by atoms with van der Waals surface area (Å²) in [5.74, 6) is -1.26. The van der Waals surface area contributed by atoms with Crippen molar-refractivity contribution in [3.8, 4) is 5.75 Å². The second-order valence-electron chi connectivity index (χ2n) is 8.18. The third kappa shape index (κ3) is 5.94. The predicted octanol–water partition coefficient (Wildman–Crippen LogP) is 4.26. The number of carboxylic acids is 1. The molecule has 0 saturated heterocycles. The molecule has 0 radical (unpaired) electrons. The number of nitrogens with zero attached hydrogens (tertiary/aromatic N) is 1. The number of alkyl halides is 3. The second-order valence-corrected chi connectivity index (χ2v) is 8.18. The van der Waals surface area contributed by atoms with Gasteiger partial charge in [0.15, 0.2) is 6.10 Å². The molecule has 0 saturated carbocycles. The van der Waals surface area contributed by atoms with Gasteiger partial charge in [-0.05, 0) is 54.8 Å². The minimum absolute atomic E-state index is 0.0226. The lowest BCUT2D eigenvalue weighted by Crippen LogP contribution is -2.40. The fourth-order valence-electron chi connectivity index (χ4n) is 3.34. The van der Waals surface area contributed by atoms with E-state index >= 15 is 0 Å². The molecule has 0 aromatic heterocycles. The van der Waals surface area contributed by atoms with Crippen LogP contribution in [-0.4, -0.2) is 38.6 Å². The molecule has 0 fully saturated rings. The normalized spacial score (nSPS) is 17.5. The van der Waals surface area contributed by atoms with Crippen LogP contribution in [0, 0.1) is 0 Å². The summed E-state index contributed by atoms with van der Waals surface area (Å²) in [4.78, 5) is 13.4. The first-order valence-electron chi connectivity index (χ1n) is 10.1. The largest absolute Gasteiger partial charge is 0.478 e. The van der Waals surface area contributed by atoms with E-state index in [1.165, 1.54) is 18.2 Å². The van der Waals surface area contributed by atoms with Crippen molar-refractivity contribution in [2.24, 2.45) is 0 Å². The molecule has 9 heteroatoms. The Labute approximate surface area is 188 Å². The first kappa shape index (κ1) is 24.3. The average molecular weight is 463 g/mol. The molecule has 2 aromatic carbocycles. The van der Waals surface area contributed by atoms with E-state index in [1.54, 1.807) is 55.3 Å². The van der Waals surface area contributed by atoms with Gasteiger partial charge in [-0.1, -0.05) is 36.4 Å². The van der Waals surface area contributed by atoms with E-state index in [9.17, 15) is 33.3 Å². The second kappa shape index (κ2) is 9.29. The lowest BCUT2D eigenvalue weighted by Gasteiger charge is -2.33. The molecular formula is C24H24F3NO5. The Balaban J connectivity index is 1.86. The molecule has 1 heterocycles. The lowest BCUT2D eigenvalue weighted by atomic mass is 9.97. The topological polar surface area (TPSA) is 90.2 Å². The van der Waals surface area contributed by atoms with Crippen molar-refractivity contribution in [3.63, 3.8) is 0 Å². The minimum Gasteiger partial charge on any atom is -0.478 e. The molecule has 2 atom stereocenters. The van der Waals surface area contributed by atoms with E-state index in [0.29, 0.717) is 5.56 Å². The Morgan fingerprint density at radius 1 is 1.15 bits per heavy atom. The maximum atomic E-state index is 12.9. The molecule has 0 aliphatic carbocycles. The molecule has 2 aromatic rings. The zero-order chi connectivity index (χ0) is 24.4. The zero-order valence-electron chi connectivity index (χ0n) is 18.0. The summed E-state index contributed by atoms with van der Waals surface area (Å²) in [6.45, 7) is 3.56. The van der Waals surface area contributed by atoms with Crippen molar-refractivity contribution in [3.05, 3.63) is 89.1 Å². The maximum Gasteiger partial charge on any atom is 0.418 e. The number of hydrogen-bond acceptors (Lipinski definition) is 5. The Morgan fingerprint density at radius 2 is 1.82 bits per heavy atom. The van der Waals surface area contributed by atoms with E-state index in [0.717, 1.165) is 17.7 Å². The van der Waals surface area contributed by atoms with Crippen molar-refractivity contribution in [2.45, 2.75) is 44.5 Å². The molecule has 33 heavy (non-hydrogen) atoms. The van der Waals surface area contributed by atoms with Crippen LogP contribution < -0.4 is 4.74 Å². The third-order valence-electron chi connectivity index (χ3n) is 5.12. The van der Waals surface area contributed by atoms with E-state index < -0.39 is 35.6 Å². The predicted molar refractivity (Wildman–Crippen MR) is 114 cm³/mol. The van der Waals surface area contributed by atoms with Crippen LogP contribution in [0.1, 0.15) is 36.6 Å². The van der Waals surface area contributed by atoms with Gasteiger partial charge in [-0.15, -0.1) is 0 Å². The van der Waals surface area contributed by atoms with Crippen LogP contribution in [0.25, 0.3) is 0 Å². The number of carbonyl (C=O) groups is 1. The summed E-state index contributed by atoms with van der Waals surface area (Å²) in [6, 6.07) is 11.9. The molecule has 3 N–H and O–H groups in total. The SMILES string of the molecule is CC(C)(O)c1ccc(CN2C=CC=C(C(=O)O)C2Oc2cccc(C(O)C(F)(F)F)c2)cc1.